The molecule has 0 saturated carbocycles. The van der Waals surface area contributed by atoms with Crippen LogP contribution in [-0.4, -0.2) is 9.78 Å². The Hall–Kier alpha value is -0.310. The Bertz CT molecular complexity index is 183. The highest BCUT2D eigenvalue weighted by molar-refractivity contribution is 9.10. The van der Waals surface area contributed by atoms with Crippen LogP contribution in [0.4, 0.5) is 0 Å². The molecule has 0 bridgehead atoms. The number of halogens is 1. The summed E-state index contributed by atoms with van der Waals surface area (Å²) in [6.45, 7) is 4.61. The van der Waals surface area contributed by atoms with E-state index in [1.54, 1.807) is 6.20 Å². The number of aromatic nitrogens is 2. The van der Waals surface area contributed by atoms with Crippen LogP contribution in [0.15, 0.2) is 16.9 Å². The number of hydrogen-bond acceptors (Lipinski definition) is 1. The van der Waals surface area contributed by atoms with Gasteiger partial charge >= 0.3 is 0 Å². The van der Waals surface area contributed by atoms with Crippen molar-refractivity contribution in [2.75, 3.05) is 0 Å². The van der Waals surface area contributed by atoms with E-state index in [4.69, 9.17) is 0 Å². The second kappa shape index (κ2) is 3.01. The second-order valence-corrected chi connectivity index (χ2v) is 2.69. The standard InChI is InChI=1S/C6H8BrN2/c1-2-3-9-5-6(7)4-8-9/h4-5H,1-3H2. The van der Waals surface area contributed by atoms with Crippen LogP contribution in [0.1, 0.15) is 6.42 Å². The fourth-order valence-corrected chi connectivity index (χ4v) is 0.951. The first-order chi connectivity index (χ1) is 4.33. The topological polar surface area (TPSA) is 17.8 Å². The van der Waals surface area contributed by atoms with Gasteiger partial charge in [0.1, 0.15) is 0 Å². The summed E-state index contributed by atoms with van der Waals surface area (Å²) in [4.78, 5) is 0. The minimum Gasteiger partial charge on any atom is -0.272 e. The van der Waals surface area contributed by atoms with E-state index in [-0.39, 0.29) is 0 Å². The third kappa shape index (κ3) is 1.82. The molecule has 0 amide bonds. The second-order valence-electron chi connectivity index (χ2n) is 1.78. The molecule has 9 heavy (non-hydrogen) atoms. The van der Waals surface area contributed by atoms with Crippen molar-refractivity contribution in [2.24, 2.45) is 0 Å². The Labute approximate surface area is 63.0 Å². The maximum absolute atomic E-state index is 4.04. The van der Waals surface area contributed by atoms with Crippen molar-refractivity contribution in [1.82, 2.24) is 9.78 Å². The fraction of sp³-hybridized carbons (Fsp3) is 0.333. The van der Waals surface area contributed by atoms with Gasteiger partial charge in [-0.05, 0) is 22.4 Å². The molecule has 0 unspecified atom stereocenters. The summed E-state index contributed by atoms with van der Waals surface area (Å²) in [6.07, 6.45) is 4.59. The van der Waals surface area contributed by atoms with Gasteiger partial charge in [-0.3, -0.25) is 4.68 Å². The third-order valence-corrected chi connectivity index (χ3v) is 1.40. The monoisotopic (exact) mass is 187 g/mol. The average molecular weight is 188 g/mol. The predicted molar refractivity (Wildman–Crippen MR) is 39.9 cm³/mol. The summed E-state index contributed by atoms with van der Waals surface area (Å²) in [5, 5.41) is 4.04. The van der Waals surface area contributed by atoms with Gasteiger partial charge in [0, 0.05) is 12.7 Å². The first-order valence-electron chi connectivity index (χ1n) is 2.80. The van der Waals surface area contributed by atoms with Crippen LogP contribution in [0.3, 0.4) is 0 Å². The molecular formula is C6H8BrN2. The van der Waals surface area contributed by atoms with E-state index in [2.05, 4.69) is 28.0 Å². The first-order valence-corrected chi connectivity index (χ1v) is 3.59. The van der Waals surface area contributed by atoms with Gasteiger partial charge in [-0.1, -0.05) is 6.92 Å². The lowest BCUT2D eigenvalue weighted by atomic mass is 10.5. The molecule has 0 N–H and O–H groups in total. The third-order valence-electron chi connectivity index (χ3n) is 0.989. The lowest BCUT2D eigenvalue weighted by Gasteiger charge is -1.93. The van der Waals surface area contributed by atoms with Crippen LogP contribution in [0.5, 0.6) is 0 Å². The number of rotatable bonds is 2. The zero-order valence-corrected chi connectivity index (χ0v) is 6.63. The van der Waals surface area contributed by atoms with E-state index >= 15 is 0 Å². The van der Waals surface area contributed by atoms with Crippen LogP contribution < -0.4 is 0 Å². The van der Waals surface area contributed by atoms with E-state index in [0.29, 0.717) is 0 Å². The Morgan fingerprint density at radius 2 is 2.56 bits per heavy atom. The van der Waals surface area contributed by atoms with Crippen molar-refractivity contribution >= 4 is 15.9 Å². The maximum Gasteiger partial charge on any atom is 0.0632 e. The van der Waals surface area contributed by atoms with Crippen LogP contribution in [-0.2, 0) is 6.54 Å². The number of hydrogen-bond donors (Lipinski definition) is 0. The van der Waals surface area contributed by atoms with Crippen LogP contribution >= 0.6 is 15.9 Å². The molecule has 1 radical (unpaired) electrons. The molecule has 0 aliphatic rings. The molecule has 0 saturated heterocycles. The molecule has 0 aromatic carbocycles. The number of aryl methyl sites for hydroxylation is 1. The predicted octanol–water partition coefficient (Wildman–Crippen LogP) is 1.87. The Balaban J connectivity index is 2.61. The van der Waals surface area contributed by atoms with E-state index in [0.717, 1.165) is 17.4 Å². The fourth-order valence-electron chi connectivity index (χ4n) is 0.623. The van der Waals surface area contributed by atoms with Crippen molar-refractivity contribution in [3.63, 3.8) is 0 Å². The zero-order chi connectivity index (χ0) is 6.69. The minimum absolute atomic E-state index is 0.883. The van der Waals surface area contributed by atoms with E-state index in [9.17, 15) is 0 Å². The van der Waals surface area contributed by atoms with Gasteiger partial charge in [-0.2, -0.15) is 5.10 Å². The number of nitrogens with zero attached hydrogens (tertiary/aromatic N) is 2. The Kier molecular flexibility index (Phi) is 2.28. The molecule has 1 aromatic rings. The van der Waals surface area contributed by atoms with Gasteiger partial charge < -0.3 is 0 Å². The van der Waals surface area contributed by atoms with Crippen molar-refractivity contribution in [1.29, 1.82) is 0 Å². The molecule has 0 spiro atoms. The summed E-state index contributed by atoms with van der Waals surface area (Å²) in [5.41, 5.74) is 0. The molecule has 49 valence electrons. The lowest BCUT2D eigenvalue weighted by Crippen LogP contribution is -1.95. The first kappa shape index (κ1) is 6.81. The summed E-state index contributed by atoms with van der Waals surface area (Å²) in [7, 11) is 0. The Morgan fingerprint density at radius 1 is 1.78 bits per heavy atom. The summed E-state index contributed by atoms with van der Waals surface area (Å²) >= 11 is 3.30. The van der Waals surface area contributed by atoms with Gasteiger partial charge in [0.25, 0.3) is 0 Å². The van der Waals surface area contributed by atoms with Gasteiger partial charge in [-0.15, -0.1) is 0 Å². The summed E-state index contributed by atoms with van der Waals surface area (Å²) < 4.78 is 2.88. The largest absolute Gasteiger partial charge is 0.272 e. The van der Waals surface area contributed by atoms with Gasteiger partial charge in [0.2, 0.25) is 0 Å². The average Bonchev–Trinajstić information content (AvgIpc) is 2.17. The van der Waals surface area contributed by atoms with Crippen LogP contribution in [0.25, 0.3) is 0 Å². The van der Waals surface area contributed by atoms with E-state index < -0.39 is 0 Å². The summed E-state index contributed by atoms with van der Waals surface area (Å²) in [6, 6.07) is 0. The molecule has 0 aliphatic carbocycles. The smallest absolute Gasteiger partial charge is 0.0632 e. The molecule has 1 aromatic heterocycles. The van der Waals surface area contributed by atoms with E-state index in [1.807, 2.05) is 10.9 Å². The maximum atomic E-state index is 4.04. The molecule has 0 aliphatic heterocycles. The molecule has 2 nitrogen and oxygen atoms in total. The quantitative estimate of drug-likeness (QED) is 0.692. The highest BCUT2D eigenvalue weighted by Gasteiger charge is 1.90. The van der Waals surface area contributed by atoms with Crippen molar-refractivity contribution in [3.8, 4) is 0 Å². The normalized spacial score (nSPS) is 10.0. The molecule has 0 atom stereocenters. The van der Waals surface area contributed by atoms with Crippen molar-refractivity contribution in [3.05, 3.63) is 23.8 Å². The molecule has 1 rings (SSSR count). The van der Waals surface area contributed by atoms with Gasteiger partial charge in [0.15, 0.2) is 0 Å². The minimum atomic E-state index is 0.883. The lowest BCUT2D eigenvalue weighted by molar-refractivity contribution is 0.622. The SMILES string of the molecule is [CH2]CCn1cc(Br)cn1. The van der Waals surface area contributed by atoms with Crippen LogP contribution in [0, 0.1) is 6.92 Å². The summed E-state index contributed by atoms with van der Waals surface area (Å²) in [5.74, 6) is 0. The van der Waals surface area contributed by atoms with Gasteiger partial charge in [-0.25, -0.2) is 0 Å². The zero-order valence-electron chi connectivity index (χ0n) is 5.05. The molecular weight excluding hydrogens is 180 g/mol. The molecule has 3 heteroatoms. The van der Waals surface area contributed by atoms with Crippen LogP contribution in [0.2, 0.25) is 0 Å². The molecule has 1 heterocycles. The highest BCUT2D eigenvalue weighted by Crippen LogP contribution is 2.05. The van der Waals surface area contributed by atoms with Crippen molar-refractivity contribution in [2.45, 2.75) is 13.0 Å². The highest BCUT2D eigenvalue weighted by atomic mass is 79.9. The molecule has 0 fully saturated rings. The van der Waals surface area contributed by atoms with E-state index in [1.165, 1.54) is 0 Å². The van der Waals surface area contributed by atoms with Gasteiger partial charge in [0.05, 0.1) is 10.7 Å². The van der Waals surface area contributed by atoms with Crippen molar-refractivity contribution < 1.29 is 0 Å². The Morgan fingerprint density at radius 3 is 3.00 bits per heavy atom.